The zero-order chi connectivity index (χ0) is 13.8. The maximum Gasteiger partial charge on any atom is 0.358 e. The van der Waals surface area contributed by atoms with Crippen molar-refractivity contribution in [1.82, 2.24) is 15.0 Å². The Labute approximate surface area is 118 Å². The molecule has 1 aromatic heterocycles. The second-order valence-corrected chi connectivity index (χ2v) is 5.28. The summed E-state index contributed by atoms with van der Waals surface area (Å²) >= 11 is 7.42. The minimum absolute atomic E-state index is 0.0627. The van der Waals surface area contributed by atoms with Crippen LogP contribution < -0.4 is 5.73 Å². The fraction of sp³-hybridized carbons (Fsp3) is 0.182. The molecule has 0 bridgehead atoms. The van der Waals surface area contributed by atoms with Gasteiger partial charge in [-0.3, -0.25) is 4.68 Å². The van der Waals surface area contributed by atoms with Crippen LogP contribution in [0.15, 0.2) is 29.3 Å². The Morgan fingerprint density at radius 1 is 1.53 bits per heavy atom. The van der Waals surface area contributed by atoms with Gasteiger partial charge in [0.05, 0.1) is 12.7 Å². The van der Waals surface area contributed by atoms with Gasteiger partial charge >= 0.3 is 5.97 Å². The number of aromatic nitrogens is 3. The molecule has 8 heteroatoms. The summed E-state index contributed by atoms with van der Waals surface area (Å²) < 4.78 is 1.48. The summed E-state index contributed by atoms with van der Waals surface area (Å²) in [4.78, 5) is 11.5. The van der Waals surface area contributed by atoms with Crippen LogP contribution in [-0.2, 0) is 6.54 Å². The Morgan fingerprint density at radius 2 is 2.32 bits per heavy atom. The van der Waals surface area contributed by atoms with Gasteiger partial charge in [0.1, 0.15) is 0 Å². The maximum absolute atomic E-state index is 10.6. The van der Waals surface area contributed by atoms with Crippen LogP contribution in [0, 0.1) is 0 Å². The molecule has 0 amide bonds. The van der Waals surface area contributed by atoms with Crippen molar-refractivity contribution in [2.75, 3.05) is 11.5 Å². The molecule has 0 fully saturated rings. The van der Waals surface area contributed by atoms with E-state index in [0.29, 0.717) is 23.0 Å². The number of hydrogen-bond donors (Lipinski definition) is 2. The summed E-state index contributed by atoms with van der Waals surface area (Å²) in [7, 11) is 0. The lowest BCUT2D eigenvalue weighted by atomic mass is 10.3. The Hall–Kier alpha value is -1.73. The summed E-state index contributed by atoms with van der Waals surface area (Å²) in [5.74, 6) is -0.398. The second kappa shape index (κ2) is 5.94. The van der Waals surface area contributed by atoms with E-state index in [-0.39, 0.29) is 5.69 Å². The van der Waals surface area contributed by atoms with Crippen LogP contribution in [-0.4, -0.2) is 31.8 Å². The summed E-state index contributed by atoms with van der Waals surface area (Å²) in [6.07, 6.45) is 1.39. The van der Waals surface area contributed by atoms with Gasteiger partial charge in [-0.2, -0.15) is 0 Å². The van der Waals surface area contributed by atoms with Gasteiger partial charge in [0.15, 0.2) is 5.69 Å². The lowest BCUT2D eigenvalue weighted by Crippen LogP contribution is -2.01. The molecule has 1 aromatic carbocycles. The van der Waals surface area contributed by atoms with Gasteiger partial charge in [0.2, 0.25) is 0 Å². The number of carboxylic acids is 1. The molecule has 6 nitrogen and oxygen atoms in total. The topological polar surface area (TPSA) is 94.0 Å². The molecule has 0 unspecified atom stereocenters. The molecule has 100 valence electrons. The number of nitrogen functional groups attached to an aromatic ring is 1. The van der Waals surface area contributed by atoms with E-state index in [2.05, 4.69) is 10.3 Å². The van der Waals surface area contributed by atoms with Gasteiger partial charge < -0.3 is 10.8 Å². The van der Waals surface area contributed by atoms with Crippen LogP contribution in [0.4, 0.5) is 5.69 Å². The minimum atomic E-state index is -1.09. The van der Waals surface area contributed by atoms with E-state index < -0.39 is 5.97 Å². The number of carbonyl (C=O) groups is 1. The standard InChI is InChI=1S/C11H11ClN4O2S/c12-7-1-2-8(13)10(5-7)19-4-3-16-6-9(11(17)18)14-15-16/h1-2,5-6H,3-4,13H2,(H,17,18). The van der Waals surface area contributed by atoms with Gasteiger partial charge in [-0.25, -0.2) is 4.79 Å². The van der Waals surface area contributed by atoms with Crippen molar-refractivity contribution < 1.29 is 9.90 Å². The predicted octanol–water partition coefficient (Wildman–Crippen LogP) is 2.00. The van der Waals surface area contributed by atoms with Crippen LogP contribution in [0.1, 0.15) is 10.5 Å². The highest BCUT2D eigenvalue weighted by atomic mass is 35.5. The third kappa shape index (κ3) is 3.62. The second-order valence-electron chi connectivity index (χ2n) is 3.70. The summed E-state index contributed by atoms with van der Waals surface area (Å²) in [5.41, 5.74) is 6.42. The molecule has 19 heavy (non-hydrogen) atoms. The third-order valence-corrected chi connectivity index (χ3v) is 3.60. The first kappa shape index (κ1) is 13.7. The molecule has 2 aromatic rings. The highest BCUT2D eigenvalue weighted by molar-refractivity contribution is 7.99. The largest absolute Gasteiger partial charge is 0.476 e. The zero-order valence-corrected chi connectivity index (χ0v) is 11.4. The van der Waals surface area contributed by atoms with Crippen molar-refractivity contribution in [3.8, 4) is 0 Å². The quantitative estimate of drug-likeness (QED) is 0.648. The molecule has 1 heterocycles. The van der Waals surface area contributed by atoms with E-state index in [0.717, 1.165) is 4.90 Å². The van der Waals surface area contributed by atoms with Gasteiger partial charge in [-0.1, -0.05) is 16.8 Å². The molecule has 0 saturated heterocycles. The third-order valence-electron chi connectivity index (χ3n) is 2.31. The normalized spacial score (nSPS) is 10.6. The number of hydrogen-bond acceptors (Lipinski definition) is 5. The van der Waals surface area contributed by atoms with E-state index in [1.54, 1.807) is 18.2 Å². The van der Waals surface area contributed by atoms with Gasteiger partial charge in [-0.15, -0.1) is 16.9 Å². The van der Waals surface area contributed by atoms with Crippen molar-refractivity contribution >= 4 is 35.0 Å². The molecule has 0 spiro atoms. The Kier molecular flexibility index (Phi) is 4.28. The fourth-order valence-electron chi connectivity index (χ4n) is 1.39. The predicted molar refractivity (Wildman–Crippen MR) is 73.6 cm³/mol. The number of thioether (sulfide) groups is 1. The molecule has 0 aliphatic rings. The highest BCUT2D eigenvalue weighted by Gasteiger charge is 2.08. The van der Waals surface area contributed by atoms with Crippen LogP contribution >= 0.6 is 23.4 Å². The number of aromatic carboxylic acids is 1. The molecule has 0 radical (unpaired) electrons. The Morgan fingerprint density at radius 3 is 3.00 bits per heavy atom. The van der Waals surface area contributed by atoms with Crippen molar-refractivity contribution in [3.63, 3.8) is 0 Å². The lowest BCUT2D eigenvalue weighted by Gasteiger charge is -2.05. The van der Waals surface area contributed by atoms with E-state index in [4.69, 9.17) is 22.4 Å². The number of carboxylic acid groups (broad SMARTS) is 1. The van der Waals surface area contributed by atoms with Crippen molar-refractivity contribution in [3.05, 3.63) is 35.1 Å². The summed E-state index contributed by atoms with van der Waals surface area (Å²) in [6.45, 7) is 0.539. The minimum Gasteiger partial charge on any atom is -0.476 e. The van der Waals surface area contributed by atoms with Crippen LogP contribution in [0.3, 0.4) is 0 Å². The lowest BCUT2D eigenvalue weighted by molar-refractivity contribution is 0.0690. The molecule has 0 atom stereocenters. The number of nitrogens with zero attached hydrogens (tertiary/aromatic N) is 3. The average Bonchev–Trinajstić information content (AvgIpc) is 2.82. The number of benzene rings is 1. The monoisotopic (exact) mass is 298 g/mol. The first-order valence-electron chi connectivity index (χ1n) is 5.37. The SMILES string of the molecule is Nc1ccc(Cl)cc1SCCn1cc(C(=O)O)nn1. The maximum atomic E-state index is 10.6. The molecular formula is C11H11ClN4O2S. The molecule has 0 aliphatic heterocycles. The Balaban J connectivity index is 1.92. The van der Waals surface area contributed by atoms with E-state index in [1.807, 2.05) is 0 Å². The number of nitrogens with two attached hydrogens (primary N) is 1. The molecular weight excluding hydrogens is 288 g/mol. The number of halogens is 1. The van der Waals surface area contributed by atoms with Gasteiger partial charge in [-0.05, 0) is 18.2 Å². The zero-order valence-electron chi connectivity index (χ0n) is 9.78. The molecule has 3 N–H and O–H groups in total. The molecule has 0 aliphatic carbocycles. The van der Waals surface area contributed by atoms with Crippen molar-refractivity contribution in [2.24, 2.45) is 0 Å². The van der Waals surface area contributed by atoms with Crippen LogP contribution in [0.25, 0.3) is 0 Å². The molecule has 0 saturated carbocycles. The number of rotatable bonds is 5. The smallest absolute Gasteiger partial charge is 0.358 e. The van der Waals surface area contributed by atoms with Crippen molar-refractivity contribution in [2.45, 2.75) is 11.4 Å². The summed E-state index contributed by atoms with van der Waals surface area (Å²) in [6, 6.07) is 5.28. The highest BCUT2D eigenvalue weighted by Crippen LogP contribution is 2.27. The van der Waals surface area contributed by atoms with Crippen LogP contribution in [0.2, 0.25) is 5.02 Å². The average molecular weight is 299 g/mol. The first-order chi connectivity index (χ1) is 9.06. The fourth-order valence-corrected chi connectivity index (χ4v) is 2.57. The van der Waals surface area contributed by atoms with E-state index >= 15 is 0 Å². The number of anilines is 1. The van der Waals surface area contributed by atoms with E-state index in [9.17, 15) is 4.79 Å². The number of aryl methyl sites for hydroxylation is 1. The van der Waals surface area contributed by atoms with E-state index in [1.165, 1.54) is 22.6 Å². The van der Waals surface area contributed by atoms with Gasteiger partial charge in [0, 0.05) is 21.4 Å². The Bertz CT molecular complexity index is 602. The molecule has 2 rings (SSSR count). The van der Waals surface area contributed by atoms with Gasteiger partial charge in [0.25, 0.3) is 0 Å². The first-order valence-corrected chi connectivity index (χ1v) is 6.74. The van der Waals surface area contributed by atoms with Crippen molar-refractivity contribution in [1.29, 1.82) is 0 Å². The van der Waals surface area contributed by atoms with Crippen LogP contribution in [0.5, 0.6) is 0 Å². The summed E-state index contributed by atoms with van der Waals surface area (Å²) in [5, 5.41) is 16.6.